The number of benzene rings is 1. The molecular formula is C22H28FN5O. The average molecular weight is 397 g/mol. The van der Waals surface area contributed by atoms with Crippen LogP contribution in [0.25, 0.3) is 22.3 Å². The van der Waals surface area contributed by atoms with Gasteiger partial charge in [0.15, 0.2) is 5.65 Å². The highest BCUT2D eigenvalue weighted by molar-refractivity contribution is 5.91. The van der Waals surface area contributed by atoms with Crippen molar-refractivity contribution in [2.24, 2.45) is 5.92 Å². The summed E-state index contributed by atoms with van der Waals surface area (Å²) in [6.07, 6.45) is 7.46. The van der Waals surface area contributed by atoms with Crippen molar-refractivity contribution in [1.29, 1.82) is 0 Å². The highest BCUT2D eigenvalue weighted by Crippen LogP contribution is 2.30. The lowest BCUT2D eigenvalue weighted by atomic mass is 9.87. The Morgan fingerprint density at radius 2 is 1.93 bits per heavy atom. The summed E-state index contributed by atoms with van der Waals surface area (Å²) in [6.45, 7) is 3.74. The Balaban J connectivity index is 1.68. The minimum Gasteiger partial charge on any atom is -0.393 e. The van der Waals surface area contributed by atoms with E-state index in [0.29, 0.717) is 11.9 Å². The van der Waals surface area contributed by atoms with Gasteiger partial charge >= 0.3 is 0 Å². The zero-order valence-corrected chi connectivity index (χ0v) is 16.8. The van der Waals surface area contributed by atoms with Gasteiger partial charge in [0.1, 0.15) is 11.5 Å². The second kappa shape index (κ2) is 8.86. The SMILES string of the molecule is CCCCNc1ncc2c(-c3ccc(F)cc3)nn(C[C@H]3CC[C@@H](O)CC3)c2n1. The number of hydrogen-bond acceptors (Lipinski definition) is 5. The molecule has 2 aromatic heterocycles. The van der Waals surface area contributed by atoms with Crippen LogP contribution in [0.5, 0.6) is 0 Å². The molecule has 0 aliphatic heterocycles. The molecule has 7 heteroatoms. The fraction of sp³-hybridized carbons (Fsp3) is 0.500. The van der Waals surface area contributed by atoms with Crippen molar-refractivity contribution in [3.63, 3.8) is 0 Å². The number of hydrogen-bond donors (Lipinski definition) is 2. The summed E-state index contributed by atoms with van der Waals surface area (Å²) in [5.41, 5.74) is 2.42. The molecule has 4 rings (SSSR count). The quantitative estimate of drug-likeness (QED) is 0.578. The summed E-state index contributed by atoms with van der Waals surface area (Å²) in [7, 11) is 0. The lowest BCUT2D eigenvalue weighted by molar-refractivity contribution is 0.103. The molecule has 0 radical (unpaired) electrons. The van der Waals surface area contributed by atoms with E-state index in [1.165, 1.54) is 12.1 Å². The maximum Gasteiger partial charge on any atom is 0.224 e. The molecule has 0 atom stereocenters. The average Bonchev–Trinajstić information content (AvgIpc) is 3.08. The standard InChI is InChI=1S/C22H28FN5O/c1-2-3-12-24-22-25-13-19-20(16-6-8-17(23)9-7-16)27-28(21(19)26-22)14-15-4-10-18(29)11-5-15/h6-9,13,15,18,29H,2-5,10-12,14H2,1H3,(H,24,25,26)/t15-,18+. The number of unbranched alkanes of at least 4 members (excludes halogenated alkanes) is 1. The minimum absolute atomic E-state index is 0.174. The van der Waals surface area contributed by atoms with Crippen LogP contribution >= 0.6 is 0 Å². The van der Waals surface area contributed by atoms with Crippen molar-refractivity contribution < 1.29 is 9.50 Å². The molecule has 0 saturated heterocycles. The molecule has 3 aromatic rings. The number of rotatable bonds is 7. The van der Waals surface area contributed by atoms with Crippen LogP contribution in [0.15, 0.2) is 30.5 Å². The molecular weight excluding hydrogens is 369 g/mol. The van der Waals surface area contributed by atoms with Crippen molar-refractivity contribution in [2.45, 2.75) is 58.1 Å². The molecule has 6 nitrogen and oxygen atoms in total. The van der Waals surface area contributed by atoms with E-state index >= 15 is 0 Å². The molecule has 154 valence electrons. The number of aliphatic hydroxyl groups is 1. The van der Waals surface area contributed by atoms with E-state index < -0.39 is 0 Å². The Bertz CT molecular complexity index is 948. The molecule has 0 spiro atoms. The van der Waals surface area contributed by atoms with Gasteiger partial charge in [-0.3, -0.25) is 0 Å². The molecule has 2 N–H and O–H groups in total. The largest absolute Gasteiger partial charge is 0.393 e. The van der Waals surface area contributed by atoms with Gasteiger partial charge < -0.3 is 10.4 Å². The lowest BCUT2D eigenvalue weighted by Gasteiger charge is -2.25. The Morgan fingerprint density at radius 3 is 2.66 bits per heavy atom. The number of nitrogens with one attached hydrogen (secondary N) is 1. The molecule has 0 unspecified atom stereocenters. The van der Waals surface area contributed by atoms with Crippen molar-refractivity contribution >= 4 is 17.0 Å². The highest BCUT2D eigenvalue weighted by Gasteiger charge is 2.22. The number of anilines is 1. The summed E-state index contributed by atoms with van der Waals surface area (Å²) in [4.78, 5) is 9.22. The monoisotopic (exact) mass is 397 g/mol. The third-order valence-electron chi connectivity index (χ3n) is 5.67. The lowest BCUT2D eigenvalue weighted by Crippen LogP contribution is -2.22. The third kappa shape index (κ3) is 4.56. The van der Waals surface area contributed by atoms with Crippen LogP contribution in [0.4, 0.5) is 10.3 Å². The zero-order valence-electron chi connectivity index (χ0n) is 16.8. The Labute approximate surface area is 170 Å². The Kier molecular flexibility index (Phi) is 6.04. The summed E-state index contributed by atoms with van der Waals surface area (Å²) < 4.78 is 15.3. The zero-order chi connectivity index (χ0) is 20.2. The van der Waals surface area contributed by atoms with Crippen LogP contribution < -0.4 is 5.32 Å². The van der Waals surface area contributed by atoms with Crippen molar-refractivity contribution in [3.05, 3.63) is 36.3 Å². The van der Waals surface area contributed by atoms with Gasteiger partial charge in [-0.05, 0) is 62.3 Å². The third-order valence-corrected chi connectivity index (χ3v) is 5.67. The molecule has 1 aromatic carbocycles. The van der Waals surface area contributed by atoms with Crippen LogP contribution in [0.2, 0.25) is 0 Å². The van der Waals surface area contributed by atoms with Gasteiger partial charge in [-0.25, -0.2) is 14.1 Å². The van der Waals surface area contributed by atoms with E-state index in [1.54, 1.807) is 12.1 Å². The van der Waals surface area contributed by atoms with Gasteiger partial charge in [0.25, 0.3) is 0 Å². The predicted octanol–water partition coefficient (Wildman–Crippen LogP) is 4.40. The smallest absolute Gasteiger partial charge is 0.224 e. The maximum atomic E-state index is 13.4. The van der Waals surface area contributed by atoms with E-state index in [0.717, 1.165) is 73.9 Å². The molecule has 0 amide bonds. The molecule has 1 saturated carbocycles. The van der Waals surface area contributed by atoms with E-state index in [2.05, 4.69) is 17.2 Å². The first-order valence-electron chi connectivity index (χ1n) is 10.6. The summed E-state index contributed by atoms with van der Waals surface area (Å²) in [5, 5.41) is 18.8. The number of halogens is 1. The molecule has 1 fully saturated rings. The van der Waals surface area contributed by atoms with Crippen molar-refractivity contribution in [1.82, 2.24) is 19.7 Å². The van der Waals surface area contributed by atoms with Gasteiger partial charge in [-0.2, -0.15) is 10.1 Å². The van der Waals surface area contributed by atoms with Gasteiger partial charge in [-0.1, -0.05) is 13.3 Å². The topological polar surface area (TPSA) is 75.9 Å². The fourth-order valence-electron chi connectivity index (χ4n) is 3.94. The number of aromatic nitrogens is 4. The number of nitrogens with zero attached hydrogens (tertiary/aromatic N) is 4. The molecule has 2 heterocycles. The van der Waals surface area contributed by atoms with Crippen LogP contribution in [-0.2, 0) is 6.54 Å². The van der Waals surface area contributed by atoms with Crippen molar-refractivity contribution in [2.75, 3.05) is 11.9 Å². The molecule has 0 bridgehead atoms. The second-order valence-corrected chi connectivity index (χ2v) is 7.92. The normalized spacial score (nSPS) is 19.6. The summed E-state index contributed by atoms with van der Waals surface area (Å²) in [6, 6.07) is 6.38. The van der Waals surface area contributed by atoms with Crippen LogP contribution in [0, 0.1) is 11.7 Å². The first-order valence-corrected chi connectivity index (χ1v) is 10.6. The molecule has 1 aliphatic rings. The van der Waals surface area contributed by atoms with Crippen LogP contribution in [-0.4, -0.2) is 37.5 Å². The van der Waals surface area contributed by atoms with Gasteiger partial charge in [0.05, 0.1) is 11.5 Å². The molecule has 29 heavy (non-hydrogen) atoms. The van der Waals surface area contributed by atoms with Gasteiger partial charge in [-0.15, -0.1) is 0 Å². The Hall–Kier alpha value is -2.54. The van der Waals surface area contributed by atoms with E-state index in [9.17, 15) is 9.50 Å². The number of fused-ring (bicyclic) bond motifs is 1. The molecule has 1 aliphatic carbocycles. The first kappa shape index (κ1) is 19.8. The van der Waals surface area contributed by atoms with E-state index in [4.69, 9.17) is 10.1 Å². The first-order chi connectivity index (χ1) is 14.1. The fourth-order valence-corrected chi connectivity index (χ4v) is 3.94. The minimum atomic E-state index is -0.267. The van der Waals surface area contributed by atoms with Crippen LogP contribution in [0.3, 0.4) is 0 Å². The summed E-state index contributed by atoms with van der Waals surface area (Å²) >= 11 is 0. The van der Waals surface area contributed by atoms with Gasteiger partial charge in [0, 0.05) is 24.8 Å². The second-order valence-electron chi connectivity index (χ2n) is 7.92. The van der Waals surface area contributed by atoms with E-state index in [1.807, 2.05) is 10.9 Å². The van der Waals surface area contributed by atoms with Gasteiger partial charge in [0.2, 0.25) is 5.95 Å². The highest BCUT2D eigenvalue weighted by atomic mass is 19.1. The van der Waals surface area contributed by atoms with Crippen LogP contribution in [0.1, 0.15) is 45.4 Å². The number of aliphatic hydroxyl groups excluding tert-OH is 1. The van der Waals surface area contributed by atoms with Crippen molar-refractivity contribution in [3.8, 4) is 11.3 Å². The predicted molar refractivity (Wildman–Crippen MR) is 112 cm³/mol. The maximum absolute atomic E-state index is 13.4. The Morgan fingerprint density at radius 1 is 1.17 bits per heavy atom. The summed E-state index contributed by atoms with van der Waals surface area (Å²) in [5.74, 6) is 0.808. The van der Waals surface area contributed by atoms with E-state index in [-0.39, 0.29) is 11.9 Å².